The number of aliphatic hydroxyl groups is 1. The van der Waals surface area contributed by atoms with Crippen LogP contribution in [0.1, 0.15) is 119 Å². The fraction of sp³-hybridized carbons (Fsp3) is 0.968. The summed E-state index contributed by atoms with van der Waals surface area (Å²) in [5, 5.41) is 19.6. The molecule has 0 aliphatic heterocycles. The van der Waals surface area contributed by atoms with E-state index in [1.54, 1.807) is 0 Å². The van der Waals surface area contributed by atoms with Gasteiger partial charge in [-0.2, -0.15) is 0 Å². The molecule has 4 rings (SSSR count). The summed E-state index contributed by atoms with van der Waals surface area (Å²) in [6.07, 6.45) is 14.1. The molecule has 0 aromatic heterocycles. The van der Waals surface area contributed by atoms with Crippen LogP contribution < -0.4 is 0 Å². The van der Waals surface area contributed by atoms with Crippen molar-refractivity contribution in [3.63, 3.8) is 0 Å². The average Bonchev–Trinajstić information content (AvgIpc) is 3.15. The topological polar surface area (TPSA) is 57.5 Å². The quantitative estimate of drug-likeness (QED) is 0.377. The second-order valence-electron chi connectivity index (χ2n) is 14.2. The molecule has 4 saturated carbocycles. The first-order valence-corrected chi connectivity index (χ1v) is 14.9. The van der Waals surface area contributed by atoms with Gasteiger partial charge in [0.2, 0.25) is 0 Å². The van der Waals surface area contributed by atoms with Crippen LogP contribution in [0.4, 0.5) is 0 Å². The minimum absolute atomic E-state index is 0.0459. The van der Waals surface area contributed by atoms with E-state index in [1.165, 1.54) is 57.8 Å². The van der Waals surface area contributed by atoms with Crippen molar-refractivity contribution >= 4 is 5.97 Å². The minimum Gasteiger partial charge on any atom is -0.479 e. The van der Waals surface area contributed by atoms with Crippen molar-refractivity contribution in [1.82, 2.24) is 0 Å². The monoisotopic (exact) mass is 474 g/mol. The zero-order valence-electron chi connectivity index (χ0n) is 23.1. The molecule has 11 atom stereocenters. The molecule has 0 bridgehead atoms. The van der Waals surface area contributed by atoms with Crippen molar-refractivity contribution in [2.45, 2.75) is 125 Å². The second-order valence-corrected chi connectivity index (χ2v) is 14.2. The van der Waals surface area contributed by atoms with Gasteiger partial charge in [0.05, 0.1) is 0 Å². The molecular weight excluding hydrogens is 420 g/mol. The average molecular weight is 475 g/mol. The molecule has 3 heteroatoms. The van der Waals surface area contributed by atoms with E-state index in [2.05, 4.69) is 41.5 Å². The van der Waals surface area contributed by atoms with Crippen LogP contribution in [0.3, 0.4) is 0 Å². The van der Waals surface area contributed by atoms with Crippen LogP contribution >= 0.6 is 0 Å². The van der Waals surface area contributed by atoms with Crippen molar-refractivity contribution in [1.29, 1.82) is 0 Å². The molecule has 4 fully saturated rings. The summed E-state index contributed by atoms with van der Waals surface area (Å²) in [6, 6.07) is 0. The second kappa shape index (κ2) is 10.1. The minimum atomic E-state index is -1.17. The first-order chi connectivity index (χ1) is 16.0. The molecular formula is C31H54O3. The maximum atomic E-state index is 11.4. The van der Waals surface area contributed by atoms with Gasteiger partial charge in [-0.15, -0.1) is 0 Å². The van der Waals surface area contributed by atoms with Gasteiger partial charge in [0.1, 0.15) is 0 Å². The van der Waals surface area contributed by atoms with Gasteiger partial charge in [-0.25, -0.2) is 4.79 Å². The lowest BCUT2D eigenvalue weighted by Crippen LogP contribution is -2.54. The number of fused-ring (bicyclic) bond motifs is 5. The molecule has 0 radical (unpaired) electrons. The van der Waals surface area contributed by atoms with Crippen LogP contribution in [0.5, 0.6) is 0 Å². The molecule has 0 saturated heterocycles. The molecule has 2 N–H and O–H groups in total. The number of carboxylic acids is 1. The Morgan fingerprint density at radius 1 is 0.912 bits per heavy atom. The Balaban J connectivity index is 1.43. The van der Waals surface area contributed by atoms with Crippen molar-refractivity contribution in [2.24, 2.45) is 64.1 Å². The van der Waals surface area contributed by atoms with E-state index in [-0.39, 0.29) is 5.92 Å². The van der Waals surface area contributed by atoms with E-state index in [0.717, 1.165) is 60.7 Å². The molecule has 34 heavy (non-hydrogen) atoms. The van der Waals surface area contributed by atoms with E-state index in [0.29, 0.717) is 16.7 Å². The smallest absolute Gasteiger partial charge is 0.332 e. The van der Waals surface area contributed by atoms with Gasteiger partial charge < -0.3 is 10.2 Å². The highest BCUT2D eigenvalue weighted by atomic mass is 16.4. The third-order valence-corrected chi connectivity index (χ3v) is 12.6. The van der Waals surface area contributed by atoms with Crippen molar-refractivity contribution < 1.29 is 15.0 Å². The van der Waals surface area contributed by atoms with Gasteiger partial charge in [0.25, 0.3) is 0 Å². The zero-order chi connectivity index (χ0) is 24.8. The molecule has 0 spiro atoms. The van der Waals surface area contributed by atoms with Crippen LogP contribution in [-0.2, 0) is 4.79 Å². The molecule has 4 aliphatic carbocycles. The Morgan fingerprint density at radius 2 is 1.59 bits per heavy atom. The molecule has 4 aliphatic rings. The van der Waals surface area contributed by atoms with Crippen molar-refractivity contribution in [3.8, 4) is 0 Å². The van der Waals surface area contributed by atoms with Crippen molar-refractivity contribution in [3.05, 3.63) is 0 Å². The summed E-state index contributed by atoms with van der Waals surface area (Å²) in [5.41, 5.74) is 0.883. The lowest BCUT2D eigenvalue weighted by molar-refractivity contribution is -0.157. The van der Waals surface area contributed by atoms with Crippen LogP contribution in [0.2, 0.25) is 0 Å². The molecule has 2 unspecified atom stereocenters. The normalized spacial score (nSPS) is 44.6. The van der Waals surface area contributed by atoms with Crippen LogP contribution in [0, 0.1) is 64.1 Å². The third kappa shape index (κ3) is 4.50. The number of carboxylic acid groups (broad SMARTS) is 1. The predicted octanol–water partition coefficient (Wildman–Crippen LogP) is 7.81. The van der Waals surface area contributed by atoms with Gasteiger partial charge in [-0.05, 0) is 128 Å². The summed E-state index contributed by atoms with van der Waals surface area (Å²) in [4.78, 5) is 11.4. The van der Waals surface area contributed by atoms with Crippen LogP contribution in [-0.4, -0.2) is 22.3 Å². The van der Waals surface area contributed by atoms with E-state index in [1.807, 2.05) is 0 Å². The summed E-state index contributed by atoms with van der Waals surface area (Å²) in [5.74, 6) is 5.54. The summed E-state index contributed by atoms with van der Waals surface area (Å²) in [6.45, 7) is 15.0. The highest BCUT2D eigenvalue weighted by Crippen LogP contribution is 2.68. The van der Waals surface area contributed by atoms with Gasteiger partial charge in [0, 0.05) is 0 Å². The first-order valence-electron chi connectivity index (χ1n) is 14.9. The van der Waals surface area contributed by atoms with Gasteiger partial charge in [-0.1, -0.05) is 54.4 Å². The van der Waals surface area contributed by atoms with Crippen LogP contribution in [0.25, 0.3) is 0 Å². The molecule has 0 aromatic rings. The molecule has 0 amide bonds. The van der Waals surface area contributed by atoms with Crippen LogP contribution in [0.15, 0.2) is 0 Å². The largest absolute Gasteiger partial charge is 0.479 e. The molecule has 0 aromatic carbocycles. The molecule has 196 valence electrons. The molecule has 0 heterocycles. The Labute approximate surface area is 209 Å². The fourth-order valence-electron chi connectivity index (χ4n) is 10.4. The Hall–Kier alpha value is -0.570. The maximum Gasteiger partial charge on any atom is 0.332 e. The summed E-state index contributed by atoms with van der Waals surface area (Å²) in [7, 11) is 0. The zero-order valence-corrected chi connectivity index (χ0v) is 23.1. The highest BCUT2D eigenvalue weighted by Gasteiger charge is 2.60. The number of aliphatic carboxylic acids is 1. The SMILES string of the molecule is CC[C@H](CC[C@@H](C)[C@H]1CC[C@H]2[C@@H]3CCC4C[C@@H](C(O)C(=O)O)CC[C@]4(C)[C@H]3CC[C@]12C)C(C)C. The Kier molecular flexibility index (Phi) is 7.84. The van der Waals surface area contributed by atoms with E-state index in [9.17, 15) is 15.0 Å². The summed E-state index contributed by atoms with van der Waals surface area (Å²) >= 11 is 0. The van der Waals surface area contributed by atoms with Gasteiger partial charge >= 0.3 is 5.97 Å². The van der Waals surface area contributed by atoms with Gasteiger partial charge in [0.15, 0.2) is 6.10 Å². The number of aliphatic hydroxyl groups excluding tert-OH is 1. The first kappa shape index (κ1) is 26.5. The van der Waals surface area contributed by atoms with E-state index < -0.39 is 12.1 Å². The predicted molar refractivity (Wildman–Crippen MR) is 139 cm³/mol. The van der Waals surface area contributed by atoms with E-state index in [4.69, 9.17) is 0 Å². The summed E-state index contributed by atoms with van der Waals surface area (Å²) < 4.78 is 0. The standard InChI is InChI=1S/C31H54O3/c1-7-21(19(2)3)9-8-20(4)25-12-13-26-24-11-10-23-18-22(28(32)29(33)34)14-16-30(23,5)27(24)15-17-31(25,26)6/h19-28,32H,7-18H2,1-6H3,(H,33,34)/t20-,21-,22+,23?,24+,25-,26+,27+,28?,30+,31-/m1/s1. The van der Waals surface area contributed by atoms with Crippen molar-refractivity contribution in [2.75, 3.05) is 0 Å². The number of hydrogen-bond acceptors (Lipinski definition) is 2. The fourth-order valence-corrected chi connectivity index (χ4v) is 10.4. The number of carbonyl (C=O) groups is 1. The number of hydrogen-bond donors (Lipinski definition) is 2. The highest BCUT2D eigenvalue weighted by molar-refractivity contribution is 5.72. The Morgan fingerprint density at radius 3 is 2.24 bits per heavy atom. The lowest BCUT2D eigenvalue weighted by atomic mass is 9.43. The maximum absolute atomic E-state index is 11.4. The Bertz CT molecular complexity index is 717. The lowest BCUT2D eigenvalue weighted by Gasteiger charge is -2.61. The van der Waals surface area contributed by atoms with E-state index >= 15 is 0 Å². The third-order valence-electron chi connectivity index (χ3n) is 12.6. The number of rotatable bonds is 8. The van der Waals surface area contributed by atoms with Gasteiger partial charge in [-0.3, -0.25) is 0 Å². The molecule has 3 nitrogen and oxygen atoms in total.